The summed E-state index contributed by atoms with van der Waals surface area (Å²) in [7, 11) is 0. The molecule has 2 rings (SSSR count). The van der Waals surface area contributed by atoms with E-state index >= 15 is 0 Å². The molecule has 1 heterocycles. The third-order valence-electron chi connectivity index (χ3n) is 2.98. The first-order valence-electron chi connectivity index (χ1n) is 6.73. The molecule has 1 N–H and O–H groups in total. The number of hydrogen-bond acceptors (Lipinski definition) is 5. The summed E-state index contributed by atoms with van der Waals surface area (Å²) in [6.45, 7) is 1.46. The van der Waals surface area contributed by atoms with Crippen molar-refractivity contribution in [3.63, 3.8) is 0 Å². The maximum Gasteiger partial charge on any atom is 0.341 e. The number of rotatable bonds is 5. The summed E-state index contributed by atoms with van der Waals surface area (Å²) < 4.78 is 5.04. The zero-order valence-corrected chi connectivity index (χ0v) is 14.2. The van der Waals surface area contributed by atoms with E-state index < -0.39 is 11.9 Å². The van der Waals surface area contributed by atoms with Crippen LogP contribution in [0.2, 0.25) is 5.02 Å². The lowest BCUT2D eigenvalue weighted by Gasteiger charge is -2.10. The highest BCUT2D eigenvalue weighted by Crippen LogP contribution is 2.20. The van der Waals surface area contributed by atoms with Crippen LogP contribution in [0.3, 0.4) is 0 Å². The van der Waals surface area contributed by atoms with Crippen LogP contribution < -0.4 is 5.32 Å². The summed E-state index contributed by atoms with van der Waals surface area (Å²) >= 11 is 7.20. The first-order valence-corrected chi connectivity index (χ1v) is 8.33. The predicted octanol–water partition coefficient (Wildman–Crippen LogP) is 3.56. The van der Waals surface area contributed by atoms with Gasteiger partial charge < -0.3 is 10.1 Å². The summed E-state index contributed by atoms with van der Waals surface area (Å²) in [4.78, 5) is 28.0. The molecule has 0 fully saturated rings. The Hall–Kier alpha value is -2.05. The number of esters is 1. The largest absolute Gasteiger partial charge is 0.452 e. The molecule has 1 amide bonds. The van der Waals surface area contributed by atoms with Crippen LogP contribution in [-0.4, -0.2) is 29.7 Å². The third kappa shape index (κ3) is 4.71. The first kappa shape index (κ1) is 17.3. The van der Waals surface area contributed by atoms with Gasteiger partial charge in [0.05, 0.1) is 5.56 Å². The quantitative estimate of drug-likeness (QED) is 0.659. The molecule has 23 heavy (non-hydrogen) atoms. The second-order valence-electron chi connectivity index (χ2n) is 4.64. The van der Waals surface area contributed by atoms with Crippen molar-refractivity contribution in [3.8, 4) is 0 Å². The Labute approximate surface area is 143 Å². The van der Waals surface area contributed by atoms with E-state index in [9.17, 15) is 9.59 Å². The molecule has 0 radical (unpaired) electrons. The van der Waals surface area contributed by atoms with Crippen molar-refractivity contribution in [2.75, 3.05) is 18.2 Å². The Kier molecular flexibility index (Phi) is 6.01. The Balaban J connectivity index is 1.95. The highest BCUT2D eigenvalue weighted by Gasteiger charge is 2.15. The van der Waals surface area contributed by atoms with Gasteiger partial charge >= 0.3 is 5.97 Å². The summed E-state index contributed by atoms with van der Waals surface area (Å²) in [6.07, 6.45) is 3.41. The van der Waals surface area contributed by atoms with Crippen LogP contribution in [0.4, 0.5) is 5.69 Å². The third-order valence-corrected chi connectivity index (χ3v) is 3.93. The average molecular weight is 351 g/mol. The fraction of sp³-hybridized carbons (Fsp3) is 0.188. The smallest absolute Gasteiger partial charge is 0.341 e. The molecule has 2 aromatic rings. The molecule has 0 aliphatic rings. The molecule has 7 heteroatoms. The second kappa shape index (κ2) is 7.99. The van der Waals surface area contributed by atoms with Gasteiger partial charge in [-0.1, -0.05) is 11.6 Å². The van der Waals surface area contributed by atoms with Crippen molar-refractivity contribution in [1.29, 1.82) is 0 Å². The molecular formula is C16H15ClN2O3S. The minimum absolute atomic E-state index is 0.343. The van der Waals surface area contributed by atoms with E-state index in [0.717, 1.165) is 5.56 Å². The number of carbonyl (C=O) groups excluding carboxylic acids is 2. The number of pyridine rings is 1. The molecule has 0 aliphatic heterocycles. The van der Waals surface area contributed by atoms with Crippen molar-refractivity contribution < 1.29 is 14.3 Å². The second-order valence-corrected chi connectivity index (χ2v) is 5.88. The van der Waals surface area contributed by atoms with Gasteiger partial charge in [0.2, 0.25) is 0 Å². The molecule has 0 spiro atoms. The van der Waals surface area contributed by atoms with Crippen LogP contribution in [0.1, 0.15) is 15.9 Å². The number of halogens is 1. The van der Waals surface area contributed by atoms with Crippen LogP contribution in [-0.2, 0) is 9.53 Å². The fourth-order valence-corrected chi connectivity index (χ4v) is 2.64. The molecule has 0 atom stereocenters. The molecule has 0 aliphatic carbocycles. The minimum atomic E-state index is -0.578. The van der Waals surface area contributed by atoms with E-state index in [1.165, 1.54) is 11.8 Å². The standard InChI is InChI=1S/C16H15ClN2O3S/c1-10-8-11(17)5-6-13(10)19-14(20)9-22-16(21)12-4-3-7-18-15(12)23-2/h3-8H,9H2,1-2H3,(H,19,20). The maximum atomic E-state index is 12.0. The number of ether oxygens (including phenoxy) is 1. The fourth-order valence-electron chi connectivity index (χ4n) is 1.87. The number of amides is 1. The highest BCUT2D eigenvalue weighted by molar-refractivity contribution is 7.98. The van der Waals surface area contributed by atoms with E-state index in [1.807, 2.05) is 13.2 Å². The van der Waals surface area contributed by atoms with Gasteiger partial charge in [-0.2, -0.15) is 0 Å². The molecular weight excluding hydrogens is 336 g/mol. The van der Waals surface area contributed by atoms with Crippen LogP contribution in [0.15, 0.2) is 41.6 Å². The number of hydrogen-bond donors (Lipinski definition) is 1. The lowest BCUT2D eigenvalue weighted by Crippen LogP contribution is -2.21. The van der Waals surface area contributed by atoms with Crippen molar-refractivity contribution in [1.82, 2.24) is 4.98 Å². The lowest BCUT2D eigenvalue weighted by atomic mass is 10.2. The number of aryl methyl sites for hydroxylation is 1. The van der Waals surface area contributed by atoms with Gasteiger partial charge in [0.25, 0.3) is 5.91 Å². The molecule has 0 saturated carbocycles. The van der Waals surface area contributed by atoms with Gasteiger partial charge in [-0.15, -0.1) is 11.8 Å². The van der Waals surface area contributed by atoms with Gasteiger partial charge in [-0.05, 0) is 49.1 Å². The van der Waals surface area contributed by atoms with Crippen LogP contribution in [0.25, 0.3) is 0 Å². The molecule has 1 aromatic carbocycles. The number of benzene rings is 1. The van der Waals surface area contributed by atoms with E-state index in [1.54, 1.807) is 36.5 Å². The number of nitrogens with one attached hydrogen (secondary N) is 1. The summed E-state index contributed by atoms with van der Waals surface area (Å²) in [5, 5.41) is 3.83. The van der Waals surface area contributed by atoms with E-state index in [4.69, 9.17) is 16.3 Å². The average Bonchev–Trinajstić information content (AvgIpc) is 2.55. The highest BCUT2D eigenvalue weighted by atomic mass is 35.5. The number of anilines is 1. The molecule has 1 aromatic heterocycles. The Bertz CT molecular complexity index is 737. The zero-order valence-electron chi connectivity index (χ0n) is 12.6. The molecule has 5 nitrogen and oxygen atoms in total. The van der Waals surface area contributed by atoms with E-state index in [2.05, 4.69) is 10.3 Å². The summed E-state index contributed by atoms with van der Waals surface area (Å²) in [5.74, 6) is -0.996. The molecule has 0 bridgehead atoms. The minimum Gasteiger partial charge on any atom is -0.452 e. The van der Waals surface area contributed by atoms with Gasteiger partial charge in [0.1, 0.15) is 5.03 Å². The van der Waals surface area contributed by atoms with E-state index in [-0.39, 0.29) is 6.61 Å². The zero-order chi connectivity index (χ0) is 16.8. The lowest BCUT2D eigenvalue weighted by molar-refractivity contribution is -0.119. The molecule has 0 saturated heterocycles. The summed E-state index contributed by atoms with van der Waals surface area (Å²) in [5.41, 5.74) is 1.80. The van der Waals surface area contributed by atoms with Crippen molar-refractivity contribution >= 4 is 40.9 Å². The number of carbonyl (C=O) groups is 2. The number of aromatic nitrogens is 1. The maximum absolute atomic E-state index is 12.0. The summed E-state index contributed by atoms with van der Waals surface area (Å²) in [6, 6.07) is 8.38. The number of nitrogens with zero attached hydrogens (tertiary/aromatic N) is 1. The van der Waals surface area contributed by atoms with Gasteiger partial charge in [0.15, 0.2) is 6.61 Å². The predicted molar refractivity (Wildman–Crippen MR) is 91.1 cm³/mol. The molecule has 0 unspecified atom stereocenters. The van der Waals surface area contributed by atoms with Crippen LogP contribution in [0.5, 0.6) is 0 Å². The van der Waals surface area contributed by atoms with Crippen LogP contribution >= 0.6 is 23.4 Å². The Morgan fingerprint density at radius 3 is 2.83 bits per heavy atom. The number of thioether (sulfide) groups is 1. The van der Waals surface area contributed by atoms with Crippen molar-refractivity contribution in [2.24, 2.45) is 0 Å². The Morgan fingerprint density at radius 1 is 1.35 bits per heavy atom. The van der Waals surface area contributed by atoms with Gasteiger partial charge in [0, 0.05) is 16.9 Å². The monoisotopic (exact) mass is 350 g/mol. The van der Waals surface area contributed by atoms with Gasteiger partial charge in [-0.25, -0.2) is 9.78 Å². The van der Waals surface area contributed by atoms with E-state index in [0.29, 0.717) is 21.3 Å². The van der Waals surface area contributed by atoms with Crippen molar-refractivity contribution in [2.45, 2.75) is 11.9 Å². The Morgan fingerprint density at radius 2 is 2.13 bits per heavy atom. The molecule has 120 valence electrons. The normalized spacial score (nSPS) is 10.2. The first-order chi connectivity index (χ1) is 11.0. The SMILES string of the molecule is CSc1ncccc1C(=O)OCC(=O)Nc1ccc(Cl)cc1C. The topological polar surface area (TPSA) is 68.3 Å². The van der Waals surface area contributed by atoms with Gasteiger partial charge in [-0.3, -0.25) is 4.79 Å². The van der Waals surface area contributed by atoms with Crippen LogP contribution in [0, 0.1) is 6.92 Å². The van der Waals surface area contributed by atoms with Crippen molar-refractivity contribution in [3.05, 3.63) is 52.7 Å².